The first-order valence-corrected chi connectivity index (χ1v) is 8.30. The standard InChI is InChI=1S/C18H29NO2/c1-3-20-18(15-9-5-4-6-10-15)17(19-2)13-7-11-16-12-8-14-21-16/h4-6,9-10,16-19H,3,7-8,11-14H2,1-2H3. The molecule has 118 valence electrons. The third-order valence-corrected chi connectivity index (χ3v) is 4.28. The Morgan fingerprint density at radius 2 is 2.14 bits per heavy atom. The van der Waals surface area contributed by atoms with E-state index in [1.54, 1.807) is 0 Å². The first-order chi connectivity index (χ1) is 10.3. The molecule has 1 fully saturated rings. The minimum atomic E-state index is 0.130. The van der Waals surface area contributed by atoms with Gasteiger partial charge in [0.15, 0.2) is 0 Å². The Hall–Kier alpha value is -0.900. The molecule has 3 unspecified atom stereocenters. The average molecular weight is 291 g/mol. The lowest BCUT2D eigenvalue weighted by atomic mass is 9.96. The average Bonchev–Trinajstić information content (AvgIpc) is 3.04. The number of nitrogens with one attached hydrogen (secondary N) is 1. The molecule has 1 aliphatic heterocycles. The SMILES string of the molecule is CCOC(c1ccccc1)C(CCCC1CCCO1)NC. The summed E-state index contributed by atoms with van der Waals surface area (Å²) in [6.07, 6.45) is 6.56. The third-order valence-electron chi connectivity index (χ3n) is 4.28. The predicted octanol–water partition coefficient (Wildman–Crippen LogP) is 3.70. The molecule has 0 aliphatic carbocycles. The lowest BCUT2D eigenvalue weighted by Crippen LogP contribution is -2.34. The maximum atomic E-state index is 6.01. The van der Waals surface area contributed by atoms with Gasteiger partial charge in [-0.2, -0.15) is 0 Å². The molecule has 3 atom stereocenters. The van der Waals surface area contributed by atoms with E-state index in [1.165, 1.54) is 31.2 Å². The summed E-state index contributed by atoms with van der Waals surface area (Å²) in [6, 6.07) is 10.9. The molecule has 0 aromatic heterocycles. The maximum Gasteiger partial charge on any atom is 0.0977 e. The molecule has 1 aromatic rings. The molecule has 1 aliphatic rings. The van der Waals surface area contributed by atoms with Gasteiger partial charge in [-0.15, -0.1) is 0 Å². The maximum absolute atomic E-state index is 6.01. The van der Waals surface area contributed by atoms with Crippen LogP contribution < -0.4 is 5.32 Å². The molecular weight excluding hydrogens is 262 g/mol. The summed E-state index contributed by atoms with van der Waals surface area (Å²) in [5.41, 5.74) is 1.26. The van der Waals surface area contributed by atoms with Crippen molar-refractivity contribution in [1.82, 2.24) is 5.32 Å². The van der Waals surface area contributed by atoms with E-state index < -0.39 is 0 Å². The fourth-order valence-corrected chi connectivity index (χ4v) is 3.15. The highest BCUT2D eigenvalue weighted by molar-refractivity contribution is 5.19. The Kier molecular flexibility index (Phi) is 7.20. The second-order valence-corrected chi connectivity index (χ2v) is 5.75. The molecule has 1 N–H and O–H groups in total. The Morgan fingerprint density at radius 3 is 2.76 bits per heavy atom. The normalized spacial score (nSPS) is 21.3. The molecule has 3 heteroatoms. The van der Waals surface area contributed by atoms with Gasteiger partial charge in [0.1, 0.15) is 0 Å². The Labute approximate surface area is 129 Å². The summed E-state index contributed by atoms with van der Waals surface area (Å²) in [6.45, 7) is 3.75. The van der Waals surface area contributed by atoms with Crippen LogP contribution in [0.2, 0.25) is 0 Å². The fraction of sp³-hybridized carbons (Fsp3) is 0.667. The van der Waals surface area contributed by atoms with Crippen molar-refractivity contribution >= 4 is 0 Å². The molecule has 0 spiro atoms. The number of likely N-dealkylation sites (N-methyl/N-ethyl adjacent to an activating group) is 1. The molecule has 1 saturated heterocycles. The number of hydrogen-bond acceptors (Lipinski definition) is 3. The number of rotatable bonds is 9. The van der Waals surface area contributed by atoms with Gasteiger partial charge in [-0.1, -0.05) is 30.3 Å². The molecule has 2 rings (SSSR count). The second kappa shape index (κ2) is 9.19. The van der Waals surface area contributed by atoms with E-state index in [9.17, 15) is 0 Å². The van der Waals surface area contributed by atoms with Crippen molar-refractivity contribution in [3.63, 3.8) is 0 Å². The number of hydrogen-bond donors (Lipinski definition) is 1. The first-order valence-electron chi connectivity index (χ1n) is 8.30. The van der Waals surface area contributed by atoms with Crippen molar-refractivity contribution in [2.24, 2.45) is 0 Å². The van der Waals surface area contributed by atoms with E-state index in [4.69, 9.17) is 9.47 Å². The molecule has 1 aromatic carbocycles. The van der Waals surface area contributed by atoms with E-state index in [1.807, 2.05) is 7.05 Å². The van der Waals surface area contributed by atoms with Crippen molar-refractivity contribution in [3.05, 3.63) is 35.9 Å². The highest BCUT2D eigenvalue weighted by Crippen LogP contribution is 2.26. The van der Waals surface area contributed by atoms with E-state index in [-0.39, 0.29) is 6.10 Å². The van der Waals surface area contributed by atoms with Crippen LogP contribution in [0.1, 0.15) is 50.7 Å². The quantitative estimate of drug-likeness (QED) is 0.752. The van der Waals surface area contributed by atoms with Gasteiger partial charge in [-0.25, -0.2) is 0 Å². The minimum Gasteiger partial charge on any atom is -0.378 e. The Balaban J connectivity index is 1.88. The van der Waals surface area contributed by atoms with Crippen molar-refractivity contribution in [2.75, 3.05) is 20.3 Å². The van der Waals surface area contributed by atoms with Crippen LogP contribution >= 0.6 is 0 Å². The molecule has 1 heterocycles. The van der Waals surface area contributed by atoms with Crippen LogP contribution in [0.5, 0.6) is 0 Å². The van der Waals surface area contributed by atoms with E-state index in [2.05, 4.69) is 42.6 Å². The first kappa shape index (κ1) is 16.5. The highest BCUT2D eigenvalue weighted by atomic mass is 16.5. The van der Waals surface area contributed by atoms with Gasteiger partial charge < -0.3 is 14.8 Å². The van der Waals surface area contributed by atoms with Crippen LogP contribution in [0.15, 0.2) is 30.3 Å². The molecule has 3 nitrogen and oxygen atoms in total. The van der Waals surface area contributed by atoms with Gasteiger partial charge in [-0.3, -0.25) is 0 Å². The third kappa shape index (κ3) is 5.10. The second-order valence-electron chi connectivity index (χ2n) is 5.75. The van der Waals surface area contributed by atoms with Crippen LogP contribution in [-0.4, -0.2) is 32.4 Å². The monoisotopic (exact) mass is 291 g/mol. The topological polar surface area (TPSA) is 30.5 Å². The summed E-state index contributed by atoms with van der Waals surface area (Å²) in [5, 5.41) is 3.45. The molecule has 0 saturated carbocycles. The van der Waals surface area contributed by atoms with E-state index in [0.29, 0.717) is 12.1 Å². The van der Waals surface area contributed by atoms with Crippen molar-refractivity contribution in [1.29, 1.82) is 0 Å². The van der Waals surface area contributed by atoms with Gasteiger partial charge in [-0.05, 0) is 51.6 Å². The molecular formula is C18H29NO2. The predicted molar refractivity (Wildman–Crippen MR) is 86.5 cm³/mol. The van der Waals surface area contributed by atoms with Crippen LogP contribution in [0, 0.1) is 0 Å². The number of benzene rings is 1. The van der Waals surface area contributed by atoms with Gasteiger partial charge in [0.05, 0.1) is 12.2 Å². The van der Waals surface area contributed by atoms with Crippen LogP contribution in [-0.2, 0) is 9.47 Å². The Morgan fingerprint density at radius 1 is 1.33 bits per heavy atom. The van der Waals surface area contributed by atoms with E-state index >= 15 is 0 Å². The van der Waals surface area contributed by atoms with Crippen LogP contribution in [0.25, 0.3) is 0 Å². The summed E-state index contributed by atoms with van der Waals surface area (Å²) in [4.78, 5) is 0. The molecule has 0 bridgehead atoms. The van der Waals surface area contributed by atoms with Crippen LogP contribution in [0.4, 0.5) is 0 Å². The summed E-state index contributed by atoms with van der Waals surface area (Å²) < 4.78 is 11.7. The zero-order valence-corrected chi connectivity index (χ0v) is 13.4. The molecule has 21 heavy (non-hydrogen) atoms. The van der Waals surface area contributed by atoms with Gasteiger partial charge in [0.25, 0.3) is 0 Å². The molecule has 0 radical (unpaired) electrons. The molecule has 0 amide bonds. The van der Waals surface area contributed by atoms with Gasteiger partial charge in [0.2, 0.25) is 0 Å². The number of ether oxygens (including phenoxy) is 2. The lowest BCUT2D eigenvalue weighted by Gasteiger charge is -2.27. The largest absolute Gasteiger partial charge is 0.378 e. The van der Waals surface area contributed by atoms with Crippen LogP contribution in [0.3, 0.4) is 0 Å². The summed E-state index contributed by atoms with van der Waals surface area (Å²) in [5.74, 6) is 0. The van der Waals surface area contributed by atoms with Crippen molar-refractivity contribution in [3.8, 4) is 0 Å². The van der Waals surface area contributed by atoms with Crippen molar-refractivity contribution < 1.29 is 9.47 Å². The highest BCUT2D eigenvalue weighted by Gasteiger charge is 2.23. The summed E-state index contributed by atoms with van der Waals surface area (Å²) in [7, 11) is 2.03. The smallest absolute Gasteiger partial charge is 0.0977 e. The lowest BCUT2D eigenvalue weighted by molar-refractivity contribution is 0.0304. The summed E-state index contributed by atoms with van der Waals surface area (Å²) >= 11 is 0. The van der Waals surface area contributed by atoms with E-state index in [0.717, 1.165) is 19.6 Å². The Bertz CT molecular complexity index is 376. The van der Waals surface area contributed by atoms with Gasteiger partial charge >= 0.3 is 0 Å². The van der Waals surface area contributed by atoms with Crippen molar-refractivity contribution in [2.45, 2.75) is 57.3 Å². The zero-order chi connectivity index (χ0) is 14.9. The zero-order valence-electron chi connectivity index (χ0n) is 13.4. The fourth-order valence-electron chi connectivity index (χ4n) is 3.15. The minimum absolute atomic E-state index is 0.130. The van der Waals surface area contributed by atoms with Gasteiger partial charge in [0, 0.05) is 19.3 Å².